The molecular formula is C16H17N5OS2. The Bertz CT molecular complexity index is 801. The highest BCUT2D eigenvalue weighted by Crippen LogP contribution is 2.22. The largest absolute Gasteiger partial charge is 0.341 e. The molecule has 0 saturated heterocycles. The second-order valence-corrected chi connectivity index (χ2v) is 6.99. The molecular weight excluding hydrogens is 342 g/mol. The Hall–Kier alpha value is -2.19. The van der Waals surface area contributed by atoms with Crippen LogP contribution < -0.4 is 0 Å². The van der Waals surface area contributed by atoms with Crippen LogP contribution in [0.3, 0.4) is 0 Å². The van der Waals surface area contributed by atoms with Gasteiger partial charge in [-0.15, -0.1) is 10.2 Å². The maximum atomic E-state index is 12.3. The average Bonchev–Trinajstić information content (AvgIpc) is 3.23. The second kappa shape index (κ2) is 7.59. The van der Waals surface area contributed by atoms with Crippen LogP contribution >= 0.6 is 23.1 Å². The summed E-state index contributed by atoms with van der Waals surface area (Å²) in [6.07, 6.45) is 3.44. The molecule has 3 aromatic heterocycles. The molecule has 124 valence electrons. The van der Waals surface area contributed by atoms with Crippen LogP contribution in [0.4, 0.5) is 0 Å². The molecule has 0 atom stereocenters. The maximum absolute atomic E-state index is 12.3. The summed E-state index contributed by atoms with van der Waals surface area (Å²) in [7, 11) is 3.72. The molecule has 6 nitrogen and oxygen atoms in total. The summed E-state index contributed by atoms with van der Waals surface area (Å²) in [4.78, 5) is 18.0. The van der Waals surface area contributed by atoms with Gasteiger partial charge in [0.15, 0.2) is 11.0 Å². The second-order valence-electron chi connectivity index (χ2n) is 5.27. The number of amides is 1. The van der Waals surface area contributed by atoms with E-state index in [2.05, 4.69) is 20.6 Å². The van der Waals surface area contributed by atoms with Crippen molar-refractivity contribution in [1.29, 1.82) is 0 Å². The smallest absolute Gasteiger partial charge is 0.233 e. The molecule has 0 aliphatic rings. The fourth-order valence-corrected chi connectivity index (χ4v) is 3.69. The lowest BCUT2D eigenvalue weighted by atomic mass is 10.2. The fraction of sp³-hybridized carbons (Fsp3) is 0.250. The van der Waals surface area contributed by atoms with Crippen molar-refractivity contribution in [2.45, 2.75) is 11.7 Å². The molecule has 0 spiro atoms. The van der Waals surface area contributed by atoms with Gasteiger partial charge < -0.3 is 9.47 Å². The Morgan fingerprint density at radius 1 is 1.29 bits per heavy atom. The number of thiophene rings is 1. The average molecular weight is 359 g/mol. The quantitative estimate of drug-likeness (QED) is 0.633. The molecule has 3 heterocycles. The van der Waals surface area contributed by atoms with Crippen molar-refractivity contribution in [2.24, 2.45) is 7.05 Å². The van der Waals surface area contributed by atoms with E-state index in [9.17, 15) is 4.79 Å². The van der Waals surface area contributed by atoms with Crippen LogP contribution in [0.15, 0.2) is 46.5 Å². The van der Waals surface area contributed by atoms with Gasteiger partial charge in [-0.3, -0.25) is 9.78 Å². The lowest BCUT2D eigenvalue weighted by molar-refractivity contribution is -0.127. The molecule has 0 aliphatic carbocycles. The first-order chi connectivity index (χ1) is 11.6. The van der Waals surface area contributed by atoms with Gasteiger partial charge in [-0.25, -0.2) is 0 Å². The van der Waals surface area contributed by atoms with E-state index in [1.165, 1.54) is 11.8 Å². The highest BCUT2D eigenvalue weighted by Gasteiger charge is 2.15. The van der Waals surface area contributed by atoms with Crippen molar-refractivity contribution in [3.05, 3.63) is 46.9 Å². The number of hydrogen-bond donors (Lipinski definition) is 0. The van der Waals surface area contributed by atoms with Crippen molar-refractivity contribution < 1.29 is 4.79 Å². The third kappa shape index (κ3) is 3.82. The van der Waals surface area contributed by atoms with Crippen molar-refractivity contribution in [1.82, 2.24) is 24.6 Å². The molecule has 1 amide bonds. The minimum Gasteiger partial charge on any atom is -0.341 e. The Kier molecular flexibility index (Phi) is 5.27. The molecule has 0 aromatic carbocycles. The summed E-state index contributed by atoms with van der Waals surface area (Å²) < 4.78 is 1.89. The number of carbonyl (C=O) groups is 1. The molecule has 0 unspecified atom stereocenters. The molecule has 3 aromatic rings. The number of rotatable bonds is 6. The van der Waals surface area contributed by atoms with Crippen LogP contribution in [0, 0.1) is 0 Å². The first-order valence-corrected chi connectivity index (χ1v) is 9.25. The van der Waals surface area contributed by atoms with Crippen LogP contribution in [0.2, 0.25) is 0 Å². The number of carbonyl (C=O) groups excluding carboxylic acids is 1. The lowest BCUT2D eigenvalue weighted by Gasteiger charge is -2.16. The zero-order chi connectivity index (χ0) is 16.9. The Labute approximate surface area is 148 Å². The van der Waals surface area contributed by atoms with Crippen molar-refractivity contribution in [3.8, 4) is 11.4 Å². The predicted molar refractivity (Wildman–Crippen MR) is 95.8 cm³/mol. The van der Waals surface area contributed by atoms with E-state index in [0.717, 1.165) is 22.1 Å². The highest BCUT2D eigenvalue weighted by molar-refractivity contribution is 7.99. The summed E-state index contributed by atoms with van der Waals surface area (Å²) in [5.74, 6) is 1.17. The van der Waals surface area contributed by atoms with Gasteiger partial charge in [0.2, 0.25) is 5.91 Å². The van der Waals surface area contributed by atoms with Gasteiger partial charge in [0, 0.05) is 38.6 Å². The van der Waals surface area contributed by atoms with E-state index in [0.29, 0.717) is 12.3 Å². The van der Waals surface area contributed by atoms with E-state index in [4.69, 9.17) is 0 Å². The minimum atomic E-state index is 0.0691. The number of aromatic nitrogens is 4. The zero-order valence-corrected chi connectivity index (χ0v) is 15.0. The summed E-state index contributed by atoms with van der Waals surface area (Å²) in [6, 6.07) is 5.81. The topological polar surface area (TPSA) is 63.9 Å². The van der Waals surface area contributed by atoms with Gasteiger partial charge in [0.25, 0.3) is 0 Å². The zero-order valence-electron chi connectivity index (χ0n) is 13.4. The summed E-state index contributed by atoms with van der Waals surface area (Å²) in [5.41, 5.74) is 2.10. The number of thioether (sulfide) groups is 1. The van der Waals surface area contributed by atoms with Crippen LogP contribution in [0.5, 0.6) is 0 Å². The number of pyridine rings is 1. The Balaban J connectivity index is 1.61. The summed E-state index contributed by atoms with van der Waals surface area (Å²) in [6.45, 7) is 0.629. The first-order valence-electron chi connectivity index (χ1n) is 7.33. The van der Waals surface area contributed by atoms with Gasteiger partial charge in [-0.05, 0) is 34.5 Å². The van der Waals surface area contributed by atoms with Gasteiger partial charge >= 0.3 is 0 Å². The molecule has 0 N–H and O–H groups in total. The van der Waals surface area contributed by atoms with E-state index >= 15 is 0 Å². The van der Waals surface area contributed by atoms with E-state index in [1.54, 1.807) is 28.6 Å². The monoisotopic (exact) mass is 359 g/mol. The van der Waals surface area contributed by atoms with E-state index in [-0.39, 0.29) is 5.91 Å². The van der Waals surface area contributed by atoms with Gasteiger partial charge in [0.1, 0.15) is 0 Å². The molecule has 0 saturated carbocycles. The molecule has 3 rings (SSSR count). The van der Waals surface area contributed by atoms with Crippen molar-refractivity contribution >= 4 is 29.0 Å². The van der Waals surface area contributed by atoms with Crippen LogP contribution in [-0.2, 0) is 18.4 Å². The normalized spacial score (nSPS) is 10.8. The highest BCUT2D eigenvalue weighted by atomic mass is 32.2. The molecule has 24 heavy (non-hydrogen) atoms. The van der Waals surface area contributed by atoms with Crippen molar-refractivity contribution in [2.75, 3.05) is 12.8 Å². The Morgan fingerprint density at radius 3 is 2.79 bits per heavy atom. The third-order valence-corrected chi connectivity index (χ3v) is 5.26. The fourth-order valence-electron chi connectivity index (χ4n) is 2.17. The molecule has 0 radical (unpaired) electrons. The minimum absolute atomic E-state index is 0.0691. The molecule has 0 bridgehead atoms. The molecule has 0 aliphatic heterocycles. The molecule has 0 fully saturated rings. The van der Waals surface area contributed by atoms with Crippen molar-refractivity contribution in [3.63, 3.8) is 0 Å². The lowest BCUT2D eigenvalue weighted by Crippen LogP contribution is -2.27. The van der Waals surface area contributed by atoms with E-state index < -0.39 is 0 Å². The maximum Gasteiger partial charge on any atom is 0.233 e. The van der Waals surface area contributed by atoms with Gasteiger partial charge in [0.05, 0.1) is 5.75 Å². The standard InChI is InChI=1S/C16H17N5OS2/c1-20(9-12-5-8-23-10-12)14(22)11-24-16-19-18-15(21(16)2)13-3-6-17-7-4-13/h3-8,10H,9,11H2,1-2H3. The van der Waals surface area contributed by atoms with Crippen LogP contribution in [0.1, 0.15) is 5.56 Å². The summed E-state index contributed by atoms with van der Waals surface area (Å²) >= 11 is 3.03. The SMILES string of the molecule is CN(Cc1ccsc1)C(=O)CSc1nnc(-c2ccncc2)n1C. The number of nitrogens with zero attached hydrogens (tertiary/aromatic N) is 5. The summed E-state index contributed by atoms with van der Waals surface area (Å²) in [5, 5.41) is 13.2. The van der Waals surface area contributed by atoms with Gasteiger partial charge in [-0.1, -0.05) is 11.8 Å². The van der Waals surface area contributed by atoms with Crippen LogP contribution in [-0.4, -0.2) is 43.4 Å². The Morgan fingerprint density at radius 2 is 2.08 bits per heavy atom. The van der Waals surface area contributed by atoms with E-state index in [1.807, 2.05) is 42.2 Å². The van der Waals surface area contributed by atoms with Crippen LogP contribution in [0.25, 0.3) is 11.4 Å². The van der Waals surface area contributed by atoms with Gasteiger partial charge in [-0.2, -0.15) is 11.3 Å². The molecule has 8 heteroatoms. The predicted octanol–water partition coefficient (Wildman–Crippen LogP) is 2.69. The first kappa shape index (κ1) is 16.7. The third-order valence-electron chi connectivity index (χ3n) is 3.52. The number of hydrogen-bond acceptors (Lipinski definition) is 6.